The number of rotatable bonds is 8. The molecule has 0 saturated carbocycles. The van der Waals surface area contributed by atoms with Gasteiger partial charge < -0.3 is 14.8 Å². The van der Waals surface area contributed by atoms with E-state index in [9.17, 15) is 9.59 Å². The van der Waals surface area contributed by atoms with E-state index in [2.05, 4.69) is 5.32 Å². The minimum absolute atomic E-state index is 0.250. The van der Waals surface area contributed by atoms with E-state index >= 15 is 0 Å². The normalized spacial score (nSPS) is 10.3. The SMILES string of the molecule is CCOC(=O)C(CCNc1ccc(C)cc1)C(=O)OCC. The van der Waals surface area contributed by atoms with E-state index < -0.39 is 17.9 Å². The summed E-state index contributed by atoms with van der Waals surface area (Å²) < 4.78 is 9.84. The van der Waals surface area contributed by atoms with Crippen molar-refractivity contribution in [2.75, 3.05) is 25.1 Å². The predicted molar refractivity (Wildman–Crippen MR) is 81.0 cm³/mol. The summed E-state index contributed by atoms with van der Waals surface area (Å²) in [6, 6.07) is 7.91. The molecule has 0 bridgehead atoms. The van der Waals surface area contributed by atoms with Gasteiger partial charge in [-0.1, -0.05) is 17.7 Å². The first-order valence-corrected chi connectivity index (χ1v) is 7.22. The molecule has 1 aromatic rings. The first-order chi connectivity index (χ1) is 10.1. The van der Waals surface area contributed by atoms with Crippen LogP contribution in [0, 0.1) is 12.8 Å². The minimum Gasteiger partial charge on any atom is -0.465 e. The Balaban J connectivity index is 2.54. The Kier molecular flexibility index (Phi) is 7.29. The van der Waals surface area contributed by atoms with Crippen LogP contribution in [0.1, 0.15) is 25.8 Å². The maximum atomic E-state index is 11.8. The molecule has 0 heterocycles. The fourth-order valence-electron chi connectivity index (χ4n) is 1.85. The maximum Gasteiger partial charge on any atom is 0.320 e. The van der Waals surface area contributed by atoms with Gasteiger partial charge in [-0.15, -0.1) is 0 Å². The lowest BCUT2D eigenvalue weighted by Gasteiger charge is -2.15. The number of carbonyl (C=O) groups is 2. The van der Waals surface area contributed by atoms with Gasteiger partial charge in [-0.25, -0.2) is 0 Å². The predicted octanol–water partition coefficient (Wildman–Crippen LogP) is 2.54. The molecular formula is C16H23NO4. The number of aryl methyl sites for hydroxylation is 1. The summed E-state index contributed by atoms with van der Waals surface area (Å²) >= 11 is 0. The molecule has 5 nitrogen and oxygen atoms in total. The molecule has 21 heavy (non-hydrogen) atoms. The lowest BCUT2D eigenvalue weighted by Crippen LogP contribution is -2.30. The van der Waals surface area contributed by atoms with Gasteiger partial charge in [-0.3, -0.25) is 9.59 Å². The molecule has 0 saturated heterocycles. The van der Waals surface area contributed by atoms with Crippen molar-refractivity contribution in [3.63, 3.8) is 0 Å². The van der Waals surface area contributed by atoms with Crippen molar-refractivity contribution in [2.45, 2.75) is 27.2 Å². The van der Waals surface area contributed by atoms with Crippen LogP contribution < -0.4 is 5.32 Å². The van der Waals surface area contributed by atoms with E-state index in [1.54, 1.807) is 13.8 Å². The molecular weight excluding hydrogens is 270 g/mol. The summed E-state index contributed by atoms with van der Waals surface area (Å²) in [4.78, 5) is 23.6. The highest BCUT2D eigenvalue weighted by molar-refractivity contribution is 5.94. The highest BCUT2D eigenvalue weighted by Gasteiger charge is 2.28. The van der Waals surface area contributed by atoms with E-state index in [0.29, 0.717) is 13.0 Å². The standard InChI is InChI=1S/C16H23NO4/c1-4-20-15(18)14(16(19)21-5-2)10-11-17-13-8-6-12(3)7-9-13/h6-9,14,17H,4-5,10-11H2,1-3H3. The molecule has 0 radical (unpaired) electrons. The summed E-state index contributed by atoms with van der Waals surface area (Å²) in [5, 5.41) is 3.18. The van der Waals surface area contributed by atoms with Crippen molar-refractivity contribution >= 4 is 17.6 Å². The third kappa shape index (κ3) is 5.85. The zero-order chi connectivity index (χ0) is 15.7. The van der Waals surface area contributed by atoms with Crippen LogP contribution >= 0.6 is 0 Å². The van der Waals surface area contributed by atoms with Gasteiger partial charge in [0, 0.05) is 12.2 Å². The second-order valence-corrected chi connectivity index (χ2v) is 4.64. The number of benzene rings is 1. The Morgan fingerprint density at radius 2 is 1.57 bits per heavy atom. The Morgan fingerprint density at radius 1 is 1.05 bits per heavy atom. The Morgan fingerprint density at radius 3 is 2.05 bits per heavy atom. The van der Waals surface area contributed by atoms with Gasteiger partial charge in [0.15, 0.2) is 5.92 Å². The number of hydrogen-bond acceptors (Lipinski definition) is 5. The van der Waals surface area contributed by atoms with Crippen LogP contribution in [0.25, 0.3) is 0 Å². The molecule has 0 aliphatic carbocycles. The van der Waals surface area contributed by atoms with Crippen molar-refractivity contribution < 1.29 is 19.1 Å². The van der Waals surface area contributed by atoms with E-state index in [4.69, 9.17) is 9.47 Å². The molecule has 0 spiro atoms. The second-order valence-electron chi connectivity index (χ2n) is 4.64. The molecule has 1 aromatic carbocycles. The minimum atomic E-state index is -0.872. The van der Waals surface area contributed by atoms with Crippen LogP contribution in [0.4, 0.5) is 5.69 Å². The van der Waals surface area contributed by atoms with Gasteiger partial charge in [0.1, 0.15) is 0 Å². The van der Waals surface area contributed by atoms with Gasteiger partial charge in [0.25, 0.3) is 0 Å². The largest absolute Gasteiger partial charge is 0.465 e. The van der Waals surface area contributed by atoms with Gasteiger partial charge >= 0.3 is 11.9 Å². The zero-order valence-electron chi connectivity index (χ0n) is 12.8. The molecule has 0 aliphatic heterocycles. The second kappa shape index (κ2) is 9.00. The van der Waals surface area contributed by atoms with Gasteiger partial charge in [0.05, 0.1) is 13.2 Å². The van der Waals surface area contributed by atoms with Crippen LogP contribution in [0.3, 0.4) is 0 Å². The van der Waals surface area contributed by atoms with E-state index in [-0.39, 0.29) is 13.2 Å². The topological polar surface area (TPSA) is 64.6 Å². The molecule has 5 heteroatoms. The van der Waals surface area contributed by atoms with Crippen molar-refractivity contribution in [2.24, 2.45) is 5.92 Å². The number of anilines is 1. The quantitative estimate of drug-likeness (QED) is 0.589. The molecule has 0 unspecified atom stereocenters. The Hall–Kier alpha value is -2.04. The van der Waals surface area contributed by atoms with Gasteiger partial charge in [-0.05, 0) is 39.3 Å². The maximum absolute atomic E-state index is 11.8. The van der Waals surface area contributed by atoms with Crippen LogP contribution in [0.5, 0.6) is 0 Å². The molecule has 0 aromatic heterocycles. The smallest absolute Gasteiger partial charge is 0.320 e. The number of nitrogens with one attached hydrogen (secondary N) is 1. The van der Waals surface area contributed by atoms with E-state index in [1.165, 1.54) is 5.56 Å². The summed E-state index contributed by atoms with van der Waals surface area (Å²) in [6.07, 6.45) is 0.339. The molecule has 0 aliphatic rings. The third-order valence-electron chi connectivity index (χ3n) is 2.96. The fraction of sp³-hybridized carbons (Fsp3) is 0.500. The lowest BCUT2D eigenvalue weighted by molar-refractivity contribution is -0.161. The summed E-state index contributed by atoms with van der Waals surface area (Å²) in [5.74, 6) is -1.92. The molecule has 0 fully saturated rings. The summed E-state index contributed by atoms with van der Waals surface area (Å²) in [6.45, 7) is 6.43. The average molecular weight is 293 g/mol. The zero-order valence-corrected chi connectivity index (χ0v) is 12.8. The monoisotopic (exact) mass is 293 g/mol. The van der Waals surface area contributed by atoms with E-state index in [1.807, 2.05) is 31.2 Å². The number of esters is 2. The fourth-order valence-corrected chi connectivity index (χ4v) is 1.85. The molecule has 116 valence electrons. The molecule has 1 N–H and O–H groups in total. The van der Waals surface area contributed by atoms with Crippen LogP contribution in [0.2, 0.25) is 0 Å². The van der Waals surface area contributed by atoms with Crippen molar-refractivity contribution in [1.29, 1.82) is 0 Å². The number of ether oxygens (including phenoxy) is 2. The van der Waals surface area contributed by atoms with E-state index in [0.717, 1.165) is 5.69 Å². The lowest BCUT2D eigenvalue weighted by atomic mass is 10.1. The molecule has 0 atom stereocenters. The highest BCUT2D eigenvalue weighted by Crippen LogP contribution is 2.12. The molecule has 0 amide bonds. The number of carbonyl (C=O) groups excluding carboxylic acids is 2. The van der Waals surface area contributed by atoms with Crippen molar-refractivity contribution in [1.82, 2.24) is 0 Å². The highest BCUT2D eigenvalue weighted by atomic mass is 16.6. The van der Waals surface area contributed by atoms with Crippen molar-refractivity contribution in [3.05, 3.63) is 29.8 Å². The van der Waals surface area contributed by atoms with Gasteiger partial charge in [0.2, 0.25) is 0 Å². The number of hydrogen-bond donors (Lipinski definition) is 1. The molecule has 1 rings (SSSR count). The first kappa shape index (κ1) is 17.0. The van der Waals surface area contributed by atoms with Crippen LogP contribution in [-0.2, 0) is 19.1 Å². The van der Waals surface area contributed by atoms with Crippen molar-refractivity contribution in [3.8, 4) is 0 Å². The Bertz CT molecular complexity index is 438. The summed E-state index contributed by atoms with van der Waals surface area (Å²) in [7, 11) is 0. The Labute approximate surface area is 125 Å². The van der Waals surface area contributed by atoms with Crippen LogP contribution in [-0.4, -0.2) is 31.7 Å². The third-order valence-corrected chi connectivity index (χ3v) is 2.96. The first-order valence-electron chi connectivity index (χ1n) is 7.22. The summed E-state index contributed by atoms with van der Waals surface area (Å²) in [5.41, 5.74) is 2.13. The van der Waals surface area contributed by atoms with Gasteiger partial charge in [-0.2, -0.15) is 0 Å². The van der Waals surface area contributed by atoms with Crippen LogP contribution in [0.15, 0.2) is 24.3 Å². The average Bonchev–Trinajstić information content (AvgIpc) is 2.46.